The van der Waals surface area contributed by atoms with Gasteiger partial charge in [-0.25, -0.2) is 4.98 Å². The van der Waals surface area contributed by atoms with Crippen LogP contribution in [0.25, 0.3) is 0 Å². The fourth-order valence-electron chi connectivity index (χ4n) is 2.40. The number of amides is 1. The highest BCUT2D eigenvalue weighted by Crippen LogP contribution is 2.09. The van der Waals surface area contributed by atoms with E-state index in [1.54, 1.807) is 18.5 Å². The highest BCUT2D eigenvalue weighted by molar-refractivity contribution is 5.92. The van der Waals surface area contributed by atoms with Crippen LogP contribution in [0.3, 0.4) is 0 Å². The molecule has 5 nitrogen and oxygen atoms in total. The van der Waals surface area contributed by atoms with Crippen LogP contribution < -0.4 is 10.6 Å². The second-order valence-corrected chi connectivity index (χ2v) is 5.72. The van der Waals surface area contributed by atoms with E-state index in [0.717, 1.165) is 22.5 Å². The first-order valence-corrected chi connectivity index (χ1v) is 8.15. The number of anilines is 1. The van der Waals surface area contributed by atoms with Crippen molar-refractivity contribution in [2.24, 2.45) is 0 Å². The van der Waals surface area contributed by atoms with Gasteiger partial charge in [-0.2, -0.15) is 0 Å². The fraction of sp³-hybridized carbons (Fsp3) is 0.150. The van der Waals surface area contributed by atoms with Crippen LogP contribution in [0.5, 0.6) is 0 Å². The van der Waals surface area contributed by atoms with Crippen molar-refractivity contribution < 1.29 is 4.79 Å². The Morgan fingerprint density at radius 1 is 0.960 bits per heavy atom. The minimum atomic E-state index is -0.181. The van der Waals surface area contributed by atoms with Gasteiger partial charge in [0.1, 0.15) is 5.69 Å². The van der Waals surface area contributed by atoms with Gasteiger partial charge in [0.05, 0.1) is 24.1 Å². The summed E-state index contributed by atoms with van der Waals surface area (Å²) < 4.78 is 0. The molecule has 2 heterocycles. The van der Waals surface area contributed by atoms with Crippen LogP contribution >= 0.6 is 0 Å². The van der Waals surface area contributed by atoms with Gasteiger partial charge < -0.3 is 10.6 Å². The molecule has 3 aromatic rings. The molecule has 0 radical (unpaired) electrons. The first kappa shape index (κ1) is 16.6. The van der Waals surface area contributed by atoms with E-state index in [1.807, 2.05) is 55.5 Å². The lowest BCUT2D eigenvalue weighted by Crippen LogP contribution is -2.24. The first-order chi connectivity index (χ1) is 12.2. The minimum absolute atomic E-state index is 0.181. The van der Waals surface area contributed by atoms with Gasteiger partial charge in [0.25, 0.3) is 5.91 Å². The highest BCUT2D eigenvalue weighted by Gasteiger charge is 2.07. The Labute approximate surface area is 147 Å². The third kappa shape index (κ3) is 4.64. The van der Waals surface area contributed by atoms with Gasteiger partial charge in [0.15, 0.2) is 0 Å². The van der Waals surface area contributed by atoms with Crippen LogP contribution in [0.1, 0.15) is 27.3 Å². The molecule has 3 rings (SSSR count). The number of rotatable bonds is 6. The molecule has 0 bridgehead atoms. The molecule has 0 aliphatic rings. The Hall–Kier alpha value is -3.21. The summed E-state index contributed by atoms with van der Waals surface area (Å²) in [5.74, 6) is -0.181. The molecule has 0 aliphatic carbocycles. The maximum atomic E-state index is 12.2. The molecule has 1 amide bonds. The molecule has 0 saturated carbocycles. The molecule has 0 aliphatic heterocycles. The molecular weight excluding hydrogens is 312 g/mol. The minimum Gasteiger partial charge on any atom is -0.378 e. The van der Waals surface area contributed by atoms with Crippen LogP contribution in [-0.2, 0) is 13.1 Å². The van der Waals surface area contributed by atoms with E-state index in [0.29, 0.717) is 18.8 Å². The van der Waals surface area contributed by atoms with E-state index in [9.17, 15) is 4.79 Å². The standard InChI is InChI=1S/C20H20N4O/c1-15-6-2-3-7-16(15)12-24-20(25)19-10-9-18(14-23-19)22-13-17-8-4-5-11-21-17/h2-11,14,22H,12-13H2,1H3,(H,24,25). The van der Waals surface area contributed by atoms with Gasteiger partial charge in [-0.15, -0.1) is 0 Å². The number of nitrogens with zero attached hydrogens (tertiary/aromatic N) is 2. The van der Waals surface area contributed by atoms with Gasteiger partial charge in [-0.3, -0.25) is 9.78 Å². The molecule has 0 unspecified atom stereocenters. The summed E-state index contributed by atoms with van der Waals surface area (Å²) in [5.41, 5.74) is 4.45. The van der Waals surface area contributed by atoms with Crippen LogP contribution in [0.15, 0.2) is 67.0 Å². The molecule has 1 aromatic carbocycles. The van der Waals surface area contributed by atoms with Crippen molar-refractivity contribution in [3.63, 3.8) is 0 Å². The normalized spacial score (nSPS) is 10.3. The maximum absolute atomic E-state index is 12.2. The zero-order valence-electron chi connectivity index (χ0n) is 14.1. The van der Waals surface area contributed by atoms with Gasteiger partial charge in [0, 0.05) is 12.7 Å². The number of carbonyl (C=O) groups excluding carboxylic acids is 1. The monoisotopic (exact) mass is 332 g/mol. The van der Waals surface area contributed by atoms with Crippen molar-refractivity contribution in [1.29, 1.82) is 0 Å². The largest absolute Gasteiger partial charge is 0.378 e. The number of benzene rings is 1. The molecular formula is C20H20N4O. The van der Waals surface area contributed by atoms with Crippen LogP contribution in [0, 0.1) is 6.92 Å². The van der Waals surface area contributed by atoms with Crippen molar-refractivity contribution in [2.45, 2.75) is 20.0 Å². The zero-order chi connectivity index (χ0) is 17.5. The molecule has 0 saturated heterocycles. The number of nitrogens with one attached hydrogen (secondary N) is 2. The Kier molecular flexibility index (Phi) is 5.36. The molecule has 126 valence electrons. The van der Waals surface area contributed by atoms with Crippen LogP contribution in [0.4, 0.5) is 5.69 Å². The van der Waals surface area contributed by atoms with E-state index in [-0.39, 0.29) is 5.91 Å². The molecule has 0 atom stereocenters. The SMILES string of the molecule is Cc1ccccc1CNC(=O)c1ccc(NCc2ccccn2)cn1. The number of pyridine rings is 2. The number of aryl methyl sites for hydroxylation is 1. The van der Waals surface area contributed by atoms with E-state index < -0.39 is 0 Å². The molecule has 25 heavy (non-hydrogen) atoms. The summed E-state index contributed by atoms with van der Waals surface area (Å²) in [7, 11) is 0. The number of hydrogen-bond acceptors (Lipinski definition) is 4. The Morgan fingerprint density at radius 2 is 1.80 bits per heavy atom. The van der Waals surface area contributed by atoms with E-state index in [2.05, 4.69) is 20.6 Å². The highest BCUT2D eigenvalue weighted by atomic mass is 16.1. The van der Waals surface area contributed by atoms with E-state index in [1.165, 1.54) is 0 Å². The van der Waals surface area contributed by atoms with Crippen molar-refractivity contribution in [3.05, 3.63) is 89.5 Å². The summed E-state index contributed by atoms with van der Waals surface area (Å²) in [5, 5.41) is 6.14. The Bertz CT molecular complexity index is 832. The number of hydrogen-bond donors (Lipinski definition) is 2. The zero-order valence-corrected chi connectivity index (χ0v) is 14.1. The summed E-state index contributed by atoms with van der Waals surface area (Å²) in [4.78, 5) is 20.7. The topological polar surface area (TPSA) is 66.9 Å². The lowest BCUT2D eigenvalue weighted by atomic mass is 10.1. The van der Waals surface area contributed by atoms with Crippen molar-refractivity contribution >= 4 is 11.6 Å². The lowest BCUT2D eigenvalue weighted by Gasteiger charge is -2.09. The molecule has 2 aromatic heterocycles. The quantitative estimate of drug-likeness (QED) is 0.726. The second kappa shape index (κ2) is 8.06. The van der Waals surface area contributed by atoms with Crippen LogP contribution in [0.2, 0.25) is 0 Å². The van der Waals surface area contributed by atoms with Crippen molar-refractivity contribution in [1.82, 2.24) is 15.3 Å². The Morgan fingerprint density at radius 3 is 2.52 bits per heavy atom. The average molecular weight is 332 g/mol. The van der Waals surface area contributed by atoms with E-state index in [4.69, 9.17) is 0 Å². The summed E-state index contributed by atoms with van der Waals surface area (Å²) >= 11 is 0. The molecule has 2 N–H and O–H groups in total. The van der Waals surface area contributed by atoms with Crippen LogP contribution in [-0.4, -0.2) is 15.9 Å². The van der Waals surface area contributed by atoms with Crippen molar-refractivity contribution in [3.8, 4) is 0 Å². The lowest BCUT2D eigenvalue weighted by molar-refractivity contribution is 0.0946. The molecule has 0 fully saturated rings. The molecule has 0 spiro atoms. The van der Waals surface area contributed by atoms with Gasteiger partial charge in [-0.1, -0.05) is 30.3 Å². The Balaban J connectivity index is 1.54. The van der Waals surface area contributed by atoms with Crippen molar-refractivity contribution in [2.75, 3.05) is 5.32 Å². The first-order valence-electron chi connectivity index (χ1n) is 8.15. The van der Waals surface area contributed by atoms with Gasteiger partial charge in [-0.05, 0) is 42.3 Å². The fourth-order valence-corrected chi connectivity index (χ4v) is 2.40. The van der Waals surface area contributed by atoms with Gasteiger partial charge in [0.2, 0.25) is 0 Å². The maximum Gasteiger partial charge on any atom is 0.270 e. The predicted molar refractivity (Wildman–Crippen MR) is 98.1 cm³/mol. The smallest absolute Gasteiger partial charge is 0.270 e. The summed E-state index contributed by atoms with van der Waals surface area (Å²) in [6.45, 7) is 3.13. The third-order valence-corrected chi connectivity index (χ3v) is 3.90. The average Bonchev–Trinajstić information content (AvgIpc) is 2.67. The second-order valence-electron chi connectivity index (χ2n) is 5.72. The summed E-state index contributed by atoms with van der Waals surface area (Å²) in [6.07, 6.45) is 3.42. The number of aromatic nitrogens is 2. The van der Waals surface area contributed by atoms with Gasteiger partial charge >= 0.3 is 0 Å². The summed E-state index contributed by atoms with van der Waals surface area (Å²) in [6, 6.07) is 17.3. The predicted octanol–water partition coefficient (Wildman–Crippen LogP) is 3.33. The number of carbonyl (C=O) groups is 1. The molecule has 5 heteroatoms. The third-order valence-electron chi connectivity index (χ3n) is 3.90. The van der Waals surface area contributed by atoms with E-state index >= 15 is 0 Å².